The number of aromatic nitrogens is 3. The number of nitrogens with zero attached hydrogens (tertiary/aromatic N) is 4. The highest BCUT2D eigenvalue weighted by atomic mass is 32.2. The van der Waals surface area contributed by atoms with Gasteiger partial charge in [-0.2, -0.15) is 0 Å². The fourth-order valence-electron chi connectivity index (χ4n) is 3.90. The summed E-state index contributed by atoms with van der Waals surface area (Å²) in [5.74, 6) is 1.06. The molecule has 1 unspecified atom stereocenters. The van der Waals surface area contributed by atoms with Crippen molar-refractivity contribution in [2.75, 3.05) is 16.0 Å². The summed E-state index contributed by atoms with van der Waals surface area (Å²) in [5, 5.41) is 12.1. The number of amides is 2. The largest absolute Gasteiger partial charge is 0.461 e. The molecule has 0 bridgehead atoms. The first kappa shape index (κ1) is 21.0. The predicted molar refractivity (Wildman–Crippen MR) is 126 cm³/mol. The molecule has 1 aliphatic rings. The van der Waals surface area contributed by atoms with E-state index in [-0.39, 0.29) is 30.0 Å². The Balaban J connectivity index is 1.44. The molecular weight excluding hydrogens is 438 g/mol. The number of thioether (sulfide) groups is 1. The Hall–Kier alpha value is -3.85. The highest BCUT2D eigenvalue weighted by molar-refractivity contribution is 7.99. The SMILES string of the molecule is CC1CC(=O)Nc2ccccc2N1C(=O)CSc1nnc(-c2ccco2)n1-c1ccccc1. The van der Waals surface area contributed by atoms with Crippen LogP contribution in [0.1, 0.15) is 13.3 Å². The molecule has 0 aliphatic carbocycles. The van der Waals surface area contributed by atoms with Crippen molar-refractivity contribution in [3.8, 4) is 17.3 Å². The average Bonchev–Trinajstić information content (AvgIpc) is 3.47. The quantitative estimate of drug-likeness (QED) is 0.445. The summed E-state index contributed by atoms with van der Waals surface area (Å²) in [6.07, 6.45) is 1.82. The van der Waals surface area contributed by atoms with Gasteiger partial charge in [0.15, 0.2) is 10.9 Å². The van der Waals surface area contributed by atoms with Gasteiger partial charge in [-0.3, -0.25) is 14.2 Å². The third-order valence-electron chi connectivity index (χ3n) is 5.34. The number of para-hydroxylation sites is 3. The lowest BCUT2D eigenvalue weighted by Gasteiger charge is -2.27. The van der Waals surface area contributed by atoms with E-state index in [1.54, 1.807) is 23.3 Å². The minimum atomic E-state index is -0.271. The van der Waals surface area contributed by atoms with Crippen LogP contribution in [0.2, 0.25) is 0 Å². The Morgan fingerprint density at radius 2 is 1.88 bits per heavy atom. The number of hydrogen-bond donors (Lipinski definition) is 1. The van der Waals surface area contributed by atoms with E-state index in [2.05, 4.69) is 15.5 Å². The van der Waals surface area contributed by atoms with Crippen LogP contribution < -0.4 is 10.2 Å². The lowest BCUT2D eigenvalue weighted by molar-refractivity contribution is -0.117. The van der Waals surface area contributed by atoms with Crippen molar-refractivity contribution in [3.05, 3.63) is 73.0 Å². The van der Waals surface area contributed by atoms with Crippen molar-refractivity contribution in [1.29, 1.82) is 0 Å². The summed E-state index contributed by atoms with van der Waals surface area (Å²) in [4.78, 5) is 27.3. The number of fused-ring (bicyclic) bond motifs is 1. The molecule has 2 amide bonds. The van der Waals surface area contributed by atoms with Crippen LogP contribution in [0.4, 0.5) is 11.4 Å². The molecule has 0 fully saturated rings. The maximum absolute atomic E-state index is 13.4. The summed E-state index contributed by atoms with van der Waals surface area (Å²) < 4.78 is 7.42. The minimum Gasteiger partial charge on any atom is -0.461 e. The summed E-state index contributed by atoms with van der Waals surface area (Å²) in [5.41, 5.74) is 2.20. The number of furan rings is 1. The zero-order valence-electron chi connectivity index (χ0n) is 17.8. The van der Waals surface area contributed by atoms with Crippen LogP contribution in [0.3, 0.4) is 0 Å². The van der Waals surface area contributed by atoms with Crippen molar-refractivity contribution < 1.29 is 14.0 Å². The monoisotopic (exact) mass is 459 g/mol. The van der Waals surface area contributed by atoms with Gasteiger partial charge in [-0.1, -0.05) is 42.1 Å². The number of hydrogen-bond acceptors (Lipinski definition) is 6. The van der Waals surface area contributed by atoms with E-state index in [9.17, 15) is 9.59 Å². The highest BCUT2D eigenvalue weighted by Crippen LogP contribution is 2.33. The topological polar surface area (TPSA) is 93.3 Å². The highest BCUT2D eigenvalue weighted by Gasteiger charge is 2.30. The van der Waals surface area contributed by atoms with Crippen LogP contribution in [0.5, 0.6) is 0 Å². The number of carbonyl (C=O) groups excluding carboxylic acids is 2. The second-order valence-electron chi connectivity index (χ2n) is 7.63. The van der Waals surface area contributed by atoms with Gasteiger partial charge in [0, 0.05) is 18.2 Å². The molecule has 4 aromatic rings. The van der Waals surface area contributed by atoms with Crippen LogP contribution in [0.25, 0.3) is 17.3 Å². The maximum atomic E-state index is 13.4. The van der Waals surface area contributed by atoms with Crippen molar-refractivity contribution in [3.63, 3.8) is 0 Å². The van der Waals surface area contributed by atoms with Crippen LogP contribution in [-0.4, -0.2) is 38.4 Å². The van der Waals surface area contributed by atoms with Crippen molar-refractivity contribution in [2.24, 2.45) is 0 Å². The summed E-state index contributed by atoms with van der Waals surface area (Å²) in [6, 6.07) is 20.4. The van der Waals surface area contributed by atoms with Gasteiger partial charge in [0.1, 0.15) is 0 Å². The van der Waals surface area contributed by atoms with E-state index in [1.165, 1.54) is 11.8 Å². The van der Waals surface area contributed by atoms with Gasteiger partial charge >= 0.3 is 0 Å². The molecule has 33 heavy (non-hydrogen) atoms. The third-order valence-corrected chi connectivity index (χ3v) is 6.26. The summed E-state index contributed by atoms with van der Waals surface area (Å²) in [6.45, 7) is 1.88. The van der Waals surface area contributed by atoms with Gasteiger partial charge in [-0.05, 0) is 43.3 Å². The van der Waals surface area contributed by atoms with E-state index in [0.29, 0.717) is 28.1 Å². The van der Waals surface area contributed by atoms with Gasteiger partial charge in [0.25, 0.3) is 0 Å². The standard InChI is InChI=1S/C24H21N5O3S/c1-16-14-21(30)25-18-10-5-6-11-19(18)28(16)22(31)15-33-24-27-26-23(20-12-7-13-32-20)29(24)17-8-3-2-4-9-17/h2-13,16H,14-15H2,1H3,(H,25,30). The van der Waals surface area contributed by atoms with Crippen LogP contribution in [0.15, 0.2) is 82.6 Å². The van der Waals surface area contributed by atoms with Crippen LogP contribution in [-0.2, 0) is 9.59 Å². The van der Waals surface area contributed by atoms with Gasteiger partial charge in [0.05, 0.1) is 23.4 Å². The summed E-state index contributed by atoms with van der Waals surface area (Å²) in [7, 11) is 0. The number of anilines is 2. The summed E-state index contributed by atoms with van der Waals surface area (Å²) >= 11 is 1.30. The Bertz CT molecular complexity index is 1290. The second-order valence-corrected chi connectivity index (χ2v) is 8.57. The zero-order valence-corrected chi connectivity index (χ0v) is 18.7. The molecule has 1 N–H and O–H groups in total. The molecule has 1 aliphatic heterocycles. The Morgan fingerprint density at radius 3 is 2.67 bits per heavy atom. The van der Waals surface area contributed by atoms with E-state index >= 15 is 0 Å². The zero-order chi connectivity index (χ0) is 22.8. The number of carbonyl (C=O) groups is 2. The van der Waals surface area contributed by atoms with Crippen molar-refractivity contribution in [2.45, 2.75) is 24.5 Å². The molecule has 1 atom stereocenters. The maximum Gasteiger partial charge on any atom is 0.237 e. The molecular formula is C24H21N5O3S. The number of nitrogens with one attached hydrogen (secondary N) is 1. The third kappa shape index (κ3) is 4.14. The van der Waals surface area contributed by atoms with Crippen LogP contribution >= 0.6 is 11.8 Å². The first-order valence-corrected chi connectivity index (χ1v) is 11.5. The number of rotatable bonds is 5. The van der Waals surface area contributed by atoms with Crippen molar-refractivity contribution in [1.82, 2.24) is 14.8 Å². The van der Waals surface area contributed by atoms with Crippen LogP contribution in [0, 0.1) is 0 Å². The van der Waals surface area contributed by atoms with E-state index in [4.69, 9.17) is 4.42 Å². The van der Waals surface area contributed by atoms with Gasteiger partial charge in [-0.15, -0.1) is 10.2 Å². The molecule has 9 heteroatoms. The smallest absolute Gasteiger partial charge is 0.237 e. The fourth-order valence-corrected chi connectivity index (χ4v) is 4.71. The normalized spacial score (nSPS) is 15.6. The second kappa shape index (κ2) is 8.95. The molecule has 0 spiro atoms. The van der Waals surface area contributed by atoms with E-state index < -0.39 is 0 Å². The molecule has 5 rings (SSSR count). The van der Waals surface area contributed by atoms with Gasteiger partial charge < -0.3 is 14.6 Å². The minimum absolute atomic E-state index is 0.107. The Kier molecular flexibility index (Phi) is 5.70. The molecule has 2 aromatic carbocycles. The van der Waals surface area contributed by atoms with Crippen molar-refractivity contribution >= 4 is 35.0 Å². The first-order valence-electron chi connectivity index (χ1n) is 10.5. The molecule has 0 saturated carbocycles. The predicted octanol–water partition coefficient (Wildman–Crippen LogP) is 4.38. The van der Waals surface area contributed by atoms with E-state index in [1.807, 2.05) is 66.1 Å². The number of benzene rings is 2. The Labute approximate surface area is 194 Å². The lowest BCUT2D eigenvalue weighted by Crippen LogP contribution is -2.40. The van der Waals surface area contributed by atoms with Gasteiger partial charge in [-0.25, -0.2) is 0 Å². The first-order chi connectivity index (χ1) is 16.1. The molecule has 3 heterocycles. The average molecular weight is 460 g/mol. The Morgan fingerprint density at radius 1 is 1.09 bits per heavy atom. The molecule has 0 radical (unpaired) electrons. The molecule has 166 valence electrons. The lowest BCUT2D eigenvalue weighted by atomic mass is 10.2. The molecule has 0 saturated heterocycles. The van der Waals surface area contributed by atoms with Gasteiger partial charge in [0.2, 0.25) is 17.6 Å². The molecule has 8 nitrogen and oxygen atoms in total. The van der Waals surface area contributed by atoms with E-state index in [0.717, 1.165) is 5.69 Å². The fraction of sp³-hybridized carbons (Fsp3) is 0.167. The molecule has 2 aromatic heterocycles.